The molecule has 166 valence electrons. The van der Waals surface area contributed by atoms with Crippen LogP contribution in [0.2, 0.25) is 0 Å². The third kappa shape index (κ3) is 2.93. The van der Waals surface area contributed by atoms with Crippen molar-refractivity contribution >= 4 is 11.8 Å². The van der Waals surface area contributed by atoms with Crippen molar-refractivity contribution in [2.45, 2.75) is 70.2 Å². The number of nitrogens with two attached hydrogens (primary N) is 1. The number of rotatable bonds is 2. The summed E-state index contributed by atoms with van der Waals surface area (Å²) in [4.78, 5) is 26.3. The fourth-order valence-corrected chi connectivity index (χ4v) is 6.17. The summed E-state index contributed by atoms with van der Waals surface area (Å²) in [5.74, 6) is -1.57. The van der Waals surface area contributed by atoms with E-state index in [2.05, 4.69) is 6.08 Å². The summed E-state index contributed by atoms with van der Waals surface area (Å²) in [6.45, 7) is 7.37. The molecule has 0 amide bonds. The molecule has 4 bridgehead atoms. The zero-order chi connectivity index (χ0) is 22.0. The van der Waals surface area contributed by atoms with Crippen molar-refractivity contribution in [3.8, 4) is 0 Å². The van der Waals surface area contributed by atoms with E-state index in [-0.39, 0.29) is 47.5 Å². The number of hydrogen-bond acceptors (Lipinski definition) is 7. The Kier molecular flexibility index (Phi) is 5.46. The second-order valence-corrected chi connectivity index (χ2v) is 9.50. The summed E-state index contributed by atoms with van der Waals surface area (Å²) < 4.78 is 17.9. The van der Waals surface area contributed by atoms with E-state index in [4.69, 9.17) is 19.9 Å². The Hall–Kier alpha value is -1.54. The lowest BCUT2D eigenvalue weighted by molar-refractivity contribution is -0.171. The number of carbonyl (C=O) groups is 2. The Morgan fingerprint density at radius 1 is 1.30 bits per heavy atom. The molecule has 30 heavy (non-hydrogen) atoms. The summed E-state index contributed by atoms with van der Waals surface area (Å²) in [5.41, 5.74) is 6.49. The number of aliphatic hydroxyl groups excluding tert-OH is 1. The van der Waals surface area contributed by atoms with E-state index in [9.17, 15) is 14.7 Å². The Balaban J connectivity index is 1.87. The van der Waals surface area contributed by atoms with E-state index in [1.165, 1.54) is 7.11 Å². The minimum atomic E-state index is -0.866. The van der Waals surface area contributed by atoms with Gasteiger partial charge in [-0.05, 0) is 25.8 Å². The van der Waals surface area contributed by atoms with Gasteiger partial charge in [0.05, 0.1) is 18.1 Å². The number of esters is 1. The Morgan fingerprint density at radius 3 is 2.63 bits per heavy atom. The molecule has 7 nitrogen and oxygen atoms in total. The van der Waals surface area contributed by atoms with Crippen LogP contribution in [-0.2, 0) is 23.8 Å². The van der Waals surface area contributed by atoms with Crippen LogP contribution in [0, 0.1) is 29.6 Å². The van der Waals surface area contributed by atoms with Gasteiger partial charge in [-0.1, -0.05) is 32.1 Å². The number of carbonyl (C=O) groups excluding carboxylic acids is 2. The van der Waals surface area contributed by atoms with Crippen LogP contribution in [0.5, 0.6) is 0 Å². The summed E-state index contributed by atoms with van der Waals surface area (Å²) in [5, 5.41) is 10.3. The maximum atomic E-state index is 13.4. The number of ether oxygens (including phenoxy) is 3. The van der Waals surface area contributed by atoms with Crippen molar-refractivity contribution in [2.75, 3.05) is 7.11 Å². The fraction of sp³-hybridized carbons (Fsp3) is 0.739. The highest BCUT2D eigenvalue weighted by atomic mass is 16.6. The number of methoxy groups -OCH3 is 1. The fourth-order valence-electron chi connectivity index (χ4n) is 6.17. The summed E-state index contributed by atoms with van der Waals surface area (Å²) in [6.07, 6.45) is 3.79. The van der Waals surface area contributed by atoms with Crippen LogP contribution in [0.1, 0.15) is 34.1 Å². The van der Waals surface area contributed by atoms with Crippen molar-refractivity contribution in [2.24, 2.45) is 35.3 Å². The number of cyclic esters (lactones) is 1. The Bertz CT molecular complexity index is 791. The van der Waals surface area contributed by atoms with E-state index in [1.807, 2.05) is 32.9 Å². The molecule has 0 aromatic heterocycles. The molecule has 1 spiro atoms. The summed E-state index contributed by atoms with van der Waals surface area (Å²) in [7, 11) is 1.47. The van der Waals surface area contributed by atoms with Crippen LogP contribution in [0.15, 0.2) is 23.8 Å². The van der Waals surface area contributed by atoms with Crippen LogP contribution in [-0.4, -0.2) is 60.0 Å². The minimum Gasteiger partial charge on any atom is -0.457 e. The standard InChI is InChI=1S/C23H33NO6/c1-10-8-11(2)23-14(9-16(28-5)22(27)29-20(10)13(4)25)6-7-15-17(23)19(26)12(3)18(24)21(15)30-23/h6-8,10,12-18,20-21,25H,9,24H2,1-5H3/b11-8+/t10-,12+,13?,14-,15-,16+,17+,18+,20+,21-,23+/m1/s1. The third-order valence-corrected chi connectivity index (χ3v) is 7.78. The zero-order valence-electron chi connectivity index (χ0n) is 18.3. The second-order valence-electron chi connectivity index (χ2n) is 9.50. The van der Waals surface area contributed by atoms with E-state index in [0.29, 0.717) is 6.42 Å². The molecule has 11 atom stereocenters. The molecular formula is C23H33NO6. The van der Waals surface area contributed by atoms with Gasteiger partial charge in [-0.3, -0.25) is 4.79 Å². The molecule has 3 N–H and O–H groups in total. The lowest BCUT2D eigenvalue weighted by atomic mass is 9.58. The first-order valence-corrected chi connectivity index (χ1v) is 10.9. The van der Waals surface area contributed by atoms with Crippen molar-refractivity contribution in [3.05, 3.63) is 23.8 Å². The smallest absolute Gasteiger partial charge is 0.335 e. The molecule has 0 aromatic rings. The zero-order valence-corrected chi connectivity index (χ0v) is 18.3. The molecule has 0 aromatic carbocycles. The molecule has 0 radical (unpaired) electrons. The van der Waals surface area contributed by atoms with E-state index in [1.54, 1.807) is 6.92 Å². The van der Waals surface area contributed by atoms with Gasteiger partial charge in [-0.15, -0.1) is 0 Å². The van der Waals surface area contributed by atoms with Crippen LogP contribution in [0.25, 0.3) is 0 Å². The molecule has 4 aliphatic rings. The highest BCUT2D eigenvalue weighted by Gasteiger charge is 2.67. The first-order chi connectivity index (χ1) is 14.1. The lowest BCUT2D eigenvalue weighted by Crippen LogP contribution is -2.56. The molecule has 2 heterocycles. The summed E-state index contributed by atoms with van der Waals surface area (Å²) in [6, 6.07) is -0.365. The molecule has 4 rings (SSSR count). The van der Waals surface area contributed by atoms with Crippen molar-refractivity contribution in [1.29, 1.82) is 0 Å². The highest BCUT2D eigenvalue weighted by Crippen LogP contribution is 2.59. The van der Waals surface area contributed by atoms with Gasteiger partial charge in [0.2, 0.25) is 0 Å². The Labute approximate surface area is 177 Å². The molecule has 1 saturated heterocycles. The van der Waals surface area contributed by atoms with E-state index in [0.717, 1.165) is 5.57 Å². The number of hydrogen-bond donors (Lipinski definition) is 2. The summed E-state index contributed by atoms with van der Waals surface area (Å²) >= 11 is 0. The average Bonchev–Trinajstić information content (AvgIpc) is 2.91. The number of Topliss-reactive ketones (excluding diaryl/α,β-unsaturated/α-hetero) is 1. The average molecular weight is 420 g/mol. The predicted octanol–water partition coefficient (Wildman–Crippen LogP) is 1.38. The predicted molar refractivity (Wildman–Crippen MR) is 109 cm³/mol. The third-order valence-electron chi connectivity index (χ3n) is 7.78. The van der Waals surface area contributed by atoms with Gasteiger partial charge in [-0.25, -0.2) is 4.79 Å². The van der Waals surface area contributed by atoms with Gasteiger partial charge >= 0.3 is 5.97 Å². The van der Waals surface area contributed by atoms with Gasteiger partial charge in [0, 0.05) is 36.8 Å². The molecule has 2 fully saturated rings. The molecule has 2 aliphatic carbocycles. The molecule has 1 saturated carbocycles. The van der Waals surface area contributed by atoms with Crippen LogP contribution >= 0.6 is 0 Å². The maximum absolute atomic E-state index is 13.4. The van der Waals surface area contributed by atoms with Crippen molar-refractivity contribution in [3.63, 3.8) is 0 Å². The quantitative estimate of drug-likeness (QED) is 0.514. The van der Waals surface area contributed by atoms with Crippen molar-refractivity contribution < 1.29 is 28.9 Å². The maximum Gasteiger partial charge on any atom is 0.335 e. The Morgan fingerprint density at radius 2 is 2.00 bits per heavy atom. The van der Waals surface area contributed by atoms with E-state index >= 15 is 0 Å². The van der Waals surface area contributed by atoms with E-state index < -0.39 is 29.9 Å². The van der Waals surface area contributed by atoms with Gasteiger partial charge in [0.15, 0.2) is 6.10 Å². The lowest BCUT2D eigenvalue weighted by Gasteiger charge is -2.45. The van der Waals surface area contributed by atoms with Gasteiger partial charge in [0.25, 0.3) is 0 Å². The van der Waals surface area contributed by atoms with Crippen LogP contribution in [0.3, 0.4) is 0 Å². The largest absolute Gasteiger partial charge is 0.457 e. The van der Waals surface area contributed by atoms with Gasteiger partial charge in [0.1, 0.15) is 17.5 Å². The number of ketones is 1. The second kappa shape index (κ2) is 7.55. The van der Waals surface area contributed by atoms with Crippen LogP contribution < -0.4 is 5.73 Å². The topological polar surface area (TPSA) is 108 Å². The molecular weight excluding hydrogens is 386 g/mol. The normalized spacial score (nSPS) is 50.9. The molecule has 1 unspecified atom stereocenters. The first kappa shape index (κ1) is 21.7. The SMILES string of the molecule is CO[C@H]1C[C@H]2C=C[C@H]3[C@H]4O[C@]2(/C(C)=C/[C@@H](C)[C@@H](C(C)O)OC1=O)[C@@H]3C(=O)[C@@H](C)[C@@H]4N. The highest BCUT2D eigenvalue weighted by molar-refractivity contribution is 5.88. The molecule has 2 aliphatic heterocycles. The van der Waals surface area contributed by atoms with Crippen LogP contribution in [0.4, 0.5) is 0 Å². The molecule has 7 heteroatoms. The van der Waals surface area contributed by atoms with Gasteiger partial charge < -0.3 is 25.1 Å². The number of aliphatic hydroxyl groups is 1. The minimum absolute atomic E-state index is 0.0675. The van der Waals surface area contributed by atoms with Gasteiger partial charge in [-0.2, -0.15) is 0 Å². The first-order valence-electron chi connectivity index (χ1n) is 10.9. The monoisotopic (exact) mass is 419 g/mol. The van der Waals surface area contributed by atoms with Crippen molar-refractivity contribution in [1.82, 2.24) is 0 Å².